The van der Waals surface area contributed by atoms with E-state index in [-0.39, 0.29) is 30.0 Å². The first kappa shape index (κ1) is 21.9. The second-order valence-corrected chi connectivity index (χ2v) is 10.7. The molecule has 2 aliphatic carbocycles. The van der Waals surface area contributed by atoms with E-state index in [0.717, 1.165) is 52.0 Å². The Hall–Kier alpha value is -0.900. The van der Waals surface area contributed by atoms with Crippen LogP contribution in [0.5, 0.6) is 0 Å². The molecule has 0 spiro atoms. The number of hydrogen-bond acceptors (Lipinski definition) is 5. The number of fused-ring (bicyclic) bond motifs is 1. The van der Waals surface area contributed by atoms with E-state index in [1.165, 1.54) is 0 Å². The predicted molar refractivity (Wildman–Crippen MR) is 108 cm³/mol. The minimum Gasteiger partial charge on any atom is -0.380 e. The molecule has 6 unspecified atom stereocenters. The molecule has 0 bridgehead atoms. The summed E-state index contributed by atoms with van der Waals surface area (Å²) in [6.45, 7) is 2.59. The van der Waals surface area contributed by atoms with Crippen molar-refractivity contribution in [1.29, 1.82) is 0 Å². The molecule has 0 radical (unpaired) electrons. The molecule has 1 amide bonds. The van der Waals surface area contributed by atoms with Gasteiger partial charge < -0.3 is 9.64 Å². The van der Waals surface area contributed by atoms with Crippen molar-refractivity contribution in [2.75, 3.05) is 33.5 Å². The van der Waals surface area contributed by atoms with Gasteiger partial charge in [0.05, 0.1) is 32.0 Å². The maximum atomic E-state index is 13.6. The molecule has 0 aromatic carbocycles. The number of hydrazine groups is 1. The molecule has 6 nitrogen and oxygen atoms in total. The summed E-state index contributed by atoms with van der Waals surface area (Å²) in [5.74, 6) is -1.86. The highest BCUT2D eigenvalue weighted by molar-refractivity contribution is 5.82. The van der Waals surface area contributed by atoms with Gasteiger partial charge in [0.1, 0.15) is 0 Å². The van der Waals surface area contributed by atoms with Crippen molar-refractivity contribution >= 4 is 5.91 Å². The Bertz CT molecular complexity index is 686. The van der Waals surface area contributed by atoms with Crippen LogP contribution in [0.25, 0.3) is 0 Å². The molecular formula is C22H35F3N4O2. The summed E-state index contributed by atoms with van der Waals surface area (Å²) in [6, 6.07) is 0.0793. The summed E-state index contributed by atoms with van der Waals surface area (Å²) in [5.41, 5.74) is 6.63. The van der Waals surface area contributed by atoms with Crippen LogP contribution < -0.4 is 10.9 Å². The minimum absolute atomic E-state index is 0.00935. The second kappa shape index (κ2) is 8.15. The normalized spacial score (nSPS) is 41.3. The molecule has 6 atom stereocenters. The first-order chi connectivity index (χ1) is 14.8. The fourth-order valence-corrected chi connectivity index (χ4v) is 7.08. The van der Waals surface area contributed by atoms with Crippen molar-refractivity contribution in [1.82, 2.24) is 20.7 Å². The van der Waals surface area contributed by atoms with Crippen LogP contribution in [0.2, 0.25) is 0 Å². The van der Waals surface area contributed by atoms with Crippen LogP contribution in [0.15, 0.2) is 0 Å². The van der Waals surface area contributed by atoms with Gasteiger partial charge in [0, 0.05) is 23.9 Å². The topological polar surface area (TPSA) is 56.8 Å². The number of ether oxygens (including phenoxy) is 1. The zero-order valence-electron chi connectivity index (χ0n) is 18.3. The molecule has 5 rings (SSSR count). The molecule has 0 aromatic rings. The maximum Gasteiger partial charge on any atom is 0.392 e. The largest absolute Gasteiger partial charge is 0.392 e. The van der Waals surface area contributed by atoms with Crippen LogP contribution in [-0.4, -0.2) is 67.6 Å². The third-order valence-corrected chi connectivity index (χ3v) is 8.95. The van der Waals surface area contributed by atoms with Crippen LogP contribution in [0.4, 0.5) is 13.2 Å². The lowest BCUT2D eigenvalue weighted by atomic mass is 9.64. The van der Waals surface area contributed by atoms with E-state index < -0.39 is 23.9 Å². The van der Waals surface area contributed by atoms with Gasteiger partial charge in [-0.1, -0.05) is 12.8 Å². The van der Waals surface area contributed by atoms with Gasteiger partial charge in [-0.2, -0.15) is 13.2 Å². The summed E-state index contributed by atoms with van der Waals surface area (Å²) in [6.07, 6.45) is 2.31. The number of nitrogens with zero attached hydrogens (tertiary/aromatic N) is 2. The standard InChI is InChI=1S/C22H35F3N4O2/c1-28-13-26-27-19(28)9-21(11-31-12-21)14-4-2-5-15(8-14)29-10-17-16(20(29)30)6-3-7-18(17)22(23,24)25/h14-19,26-27H,2-13H2,1H3. The Morgan fingerprint density at radius 3 is 2.58 bits per heavy atom. The molecular weight excluding hydrogens is 409 g/mol. The lowest BCUT2D eigenvalue weighted by molar-refractivity contribution is -0.198. The van der Waals surface area contributed by atoms with Crippen molar-refractivity contribution in [2.45, 2.75) is 69.8 Å². The van der Waals surface area contributed by atoms with Crippen LogP contribution in [0, 0.1) is 29.1 Å². The third-order valence-electron chi connectivity index (χ3n) is 8.95. The number of carbonyl (C=O) groups excluding carboxylic acids is 1. The van der Waals surface area contributed by atoms with Crippen molar-refractivity contribution in [3.8, 4) is 0 Å². The first-order valence-electron chi connectivity index (χ1n) is 11.9. The molecule has 0 aromatic heterocycles. The molecule has 2 N–H and O–H groups in total. The van der Waals surface area contributed by atoms with E-state index in [1.54, 1.807) is 0 Å². The van der Waals surface area contributed by atoms with Gasteiger partial charge in [0.15, 0.2) is 0 Å². The van der Waals surface area contributed by atoms with Crippen LogP contribution >= 0.6 is 0 Å². The fraction of sp³-hybridized carbons (Fsp3) is 0.955. The Labute approximate surface area is 182 Å². The maximum absolute atomic E-state index is 13.6. The van der Waals surface area contributed by atoms with Crippen LogP contribution in [0.3, 0.4) is 0 Å². The summed E-state index contributed by atoms with van der Waals surface area (Å²) >= 11 is 0. The quantitative estimate of drug-likeness (QED) is 0.699. The average Bonchev–Trinajstić information content (AvgIpc) is 3.27. The predicted octanol–water partition coefficient (Wildman–Crippen LogP) is 2.71. The highest BCUT2D eigenvalue weighted by atomic mass is 19.4. The number of alkyl halides is 3. The van der Waals surface area contributed by atoms with Crippen molar-refractivity contribution in [2.24, 2.45) is 29.1 Å². The Morgan fingerprint density at radius 1 is 1.16 bits per heavy atom. The molecule has 3 saturated heterocycles. The minimum atomic E-state index is -4.20. The molecule has 176 valence electrons. The monoisotopic (exact) mass is 444 g/mol. The number of halogens is 3. The van der Waals surface area contributed by atoms with Crippen molar-refractivity contribution < 1.29 is 22.7 Å². The van der Waals surface area contributed by atoms with E-state index in [1.807, 2.05) is 4.90 Å². The van der Waals surface area contributed by atoms with Gasteiger partial charge >= 0.3 is 6.18 Å². The van der Waals surface area contributed by atoms with Crippen LogP contribution in [-0.2, 0) is 9.53 Å². The zero-order chi connectivity index (χ0) is 21.8. The van der Waals surface area contributed by atoms with Gasteiger partial charge in [-0.15, -0.1) is 0 Å². The van der Waals surface area contributed by atoms with E-state index in [4.69, 9.17) is 4.74 Å². The molecule has 5 aliphatic rings. The van der Waals surface area contributed by atoms with E-state index >= 15 is 0 Å². The number of carbonyl (C=O) groups is 1. The SMILES string of the molecule is CN1CNNC1CC1(C2CCCC(N3CC4C(CCCC4C(F)(F)F)C3=O)C2)COC1. The summed E-state index contributed by atoms with van der Waals surface area (Å²) in [7, 11) is 2.09. The fourth-order valence-electron chi connectivity index (χ4n) is 7.08. The third kappa shape index (κ3) is 3.89. The summed E-state index contributed by atoms with van der Waals surface area (Å²) in [4.78, 5) is 17.3. The molecule has 3 aliphatic heterocycles. The highest BCUT2D eigenvalue weighted by Crippen LogP contribution is 2.51. The zero-order valence-corrected chi connectivity index (χ0v) is 18.3. The number of amides is 1. The Balaban J connectivity index is 1.28. The molecule has 3 heterocycles. The average molecular weight is 445 g/mol. The summed E-state index contributed by atoms with van der Waals surface area (Å²) in [5, 5.41) is 0. The van der Waals surface area contributed by atoms with E-state index in [2.05, 4.69) is 22.8 Å². The van der Waals surface area contributed by atoms with E-state index in [9.17, 15) is 18.0 Å². The summed E-state index contributed by atoms with van der Waals surface area (Å²) < 4.78 is 46.5. The first-order valence-corrected chi connectivity index (χ1v) is 11.9. The number of hydrogen-bond donors (Lipinski definition) is 2. The number of likely N-dealkylation sites (tertiary alicyclic amines) is 1. The lowest BCUT2D eigenvalue weighted by Crippen LogP contribution is -2.56. The number of nitrogens with one attached hydrogen (secondary N) is 2. The lowest BCUT2D eigenvalue weighted by Gasteiger charge is -2.52. The van der Waals surface area contributed by atoms with Crippen molar-refractivity contribution in [3.63, 3.8) is 0 Å². The van der Waals surface area contributed by atoms with Gasteiger partial charge in [-0.05, 0) is 57.4 Å². The Kier molecular flexibility index (Phi) is 5.76. The van der Waals surface area contributed by atoms with Gasteiger partial charge in [-0.25, -0.2) is 10.9 Å². The van der Waals surface area contributed by atoms with Crippen LogP contribution in [0.1, 0.15) is 51.4 Å². The smallest absolute Gasteiger partial charge is 0.380 e. The highest BCUT2D eigenvalue weighted by Gasteiger charge is 2.56. The van der Waals surface area contributed by atoms with E-state index in [0.29, 0.717) is 25.3 Å². The molecule has 5 fully saturated rings. The Morgan fingerprint density at radius 2 is 1.94 bits per heavy atom. The van der Waals surface area contributed by atoms with Gasteiger partial charge in [0.2, 0.25) is 5.91 Å². The molecule has 9 heteroatoms. The second-order valence-electron chi connectivity index (χ2n) is 10.7. The number of rotatable bonds is 4. The van der Waals surface area contributed by atoms with Gasteiger partial charge in [0.25, 0.3) is 0 Å². The molecule has 2 saturated carbocycles. The molecule has 31 heavy (non-hydrogen) atoms. The van der Waals surface area contributed by atoms with Crippen molar-refractivity contribution in [3.05, 3.63) is 0 Å². The van der Waals surface area contributed by atoms with Gasteiger partial charge in [-0.3, -0.25) is 9.69 Å².